The van der Waals surface area contributed by atoms with Gasteiger partial charge in [-0.3, -0.25) is 0 Å². The van der Waals surface area contributed by atoms with Crippen LogP contribution in [0.1, 0.15) is 0 Å². The first-order chi connectivity index (χ1) is 7.00. The van der Waals surface area contributed by atoms with E-state index in [4.69, 9.17) is 0 Å². The molecule has 0 aliphatic heterocycles. The number of amides is 1. The second-order valence-electron chi connectivity index (χ2n) is 3.02. The minimum absolute atomic E-state index is 0.0111. The Bertz CT molecular complexity index is 393. The van der Waals surface area contributed by atoms with E-state index in [1.807, 2.05) is 0 Å². The van der Waals surface area contributed by atoms with Gasteiger partial charge in [0.15, 0.2) is 0 Å². The van der Waals surface area contributed by atoms with Crippen molar-refractivity contribution in [1.29, 1.82) is 0 Å². The third kappa shape index (κ3) is 3.34. The molecule has 0 aromatic heterocycles. The van der Waals surface area contributed by atoms with E-state index in [0.29, 0.717) is 0 Å². The molecular weight excluding hydrogens is 263 g/mol. The van der Waals surface area contributed by atoms with Gasteiger partial charge in [-0.1, -0.05) is 0 Å². The maximum atomic E-state index is 11.4. The Labute approximate surface area is 93.4 Å². The SMILES string of the molecule is CN(C)C(=O)[Se]c1cccc([N+](=O)[O-])c1. The summed E-state index contributed by atoms with van der Waals surface area (Å²) in [5.74, 6) is 0. The van der Waals surface area contributed by atoms with Gasteiger partial charge in [0.05, 0.1) is 0 Å². The van der Waals surface area contributed by atoms with Gasteiger partial charge in [-0.15, -0.1) is 0 Å². The first kappa shape index (κ1) is 11.7. The summed E-state index contributed by atoms with van der Waals surface area (Å²) in [7, 11) is 3.34. The maximum absolute atomic E-state index is 11.4. The van der Waals surface area contributed by atoms with Crippen LogP contribution in [0, 0.1) is 10.1 Å². The van der Waals surface area contributed by atoms with E-state index >= 15 is 0 Å². The van der Waals surface area contributed by atoms with Crippen molar-refractivity contribution in [1.82, 2.24) is 4.90 Å². The molecule has 1 aromatic carbocycles. The van der Waals surface area contributed by atoms with E-state index in [1.165, 1.54) is 17.0 Å². The van der Waals surface area contributed by atoms with E-state index in [1.54, 1.807) is 26.2 Å². The number of hydrogen-bond acceptors (Lipinski definition) is 3. The Balaban J connectivity index is 2.83. The van der Waals surface area contributed by atoms with Crippen molar-refractivity contribution in [2.45, 2.75) is 0 Å². The Morgan fingerprint density at radius 1 is 1.47 bits per heavy atom. The van der Waals surface area contributed by atoms with Gasteiger partial charge in [0.1, 0.15) is 0 Å². The number of non-ortho nitro benzene ring substituents is 1. The molecule has 5 nitrogen and oxygen atoms in total. The second-order valence-corrected chi connectivity index (χ2v) is 5.17. The quantitative estimate of drug-likeness (QED) is 0.460. The molecule has 0 bridgehead atoms. The van der Waals surface area contributed by atoms with Crippen molar-refractivity contribution in [3.05, 3.63) is 34.4 Å². The summed E-state index contributed by atoms with van der Waals surface area (Å²) in [6, 6.07) is 6.19. The number of carbonyl (C=O) groups is 1. The molecule has 0 fully saturated rings. The van der Waals surface area contributed by atoms with Crippen LogP contribution < -0.4 is 4.46 Å². The van der Waals surface area contributed by atoms with Crippen molar-refractivity contribution in [3.63, 3.8) is 0 Å². The van der Waals surface area contributed by atoms with Gasteiger partial charge >= 0.3 is 93.0 Å². The van der Waals surface area contributed by atoms with Crippen LogP contribution in [0.15, 0.2) is 24.3 Å². The van der Waals surface area contributed by atoms with Gasteiger partial charge in [0, 0.05) is 0 Å². The van der Waals surface area contributed by atoms with Gasteiger partial charge in [-0.2, -0.15) is 0 Å². The Kier molecular flexibility index (Phi) is 3.82. The van der Waals surface area contributed by atoms with Crippen LogP contribution in [0.5, 0.6) is 0 Å². The molecule has 0 spiro atoms. The van der Waals surface area contributed by atoms with E-state index in [2.05, 4.69) is 0 Å². The summed E-state index contributed by atoms with van der Waals surface area (Å²) < 4.78 is 0.718. The molecule has 0 aliphatic carbocycles. The average Bonchev–Trinajstić information content (AvgIpc) is 2.18. The van der Waals surface area contributed by atoms with Crippen molar-refractivity contribution < 1.29 is 9.72 Å². The summed E-state index contributed by atoms with van der Waals surface area (Å²) in [5, 5.41) is 10.5. The normalized spacial score (nSPS) is 9.73. The summed E-state index contributed by atoms with van der Waals surface area (Å²) in [6.45, 7) is 0. The molecule has 0 saturated carbocycles. The third-order valence-corrected chi connectivity index (χ3v) is 3.76. The molecule has 0 atom stereocenters. The van der Waals surface area contributed by atoms with Gasteiger partial charge in [-0.05, 0) is 0 Å². The van der Waals surface area contributed by atoms with Gasteiger partial charge in [-0.25, -0.2) is 0 Å². The van der Waals surface area contributed by atoms with Crippen LogP contribution in [0.3, 0.4) is 0 Å². The van der Waals surface area contributed by atoms with Crippen molar-refractivity contribution in [2.24, 2.45) is 0 Å². The summed E-state index contributed by atoms with van der Waals surface area (Å²) in [4.78, 5) is 22.9. The molecule has 6 heteroatoms. The first-order valence-corrected chi connectivity index (χ1v) is 5.85. The Morgan fingerprint density at radius 3 is 2.67 bits per heavy atom. The van der Waals surface area contributed by atoms with Crippen LogP contribution >= 0.6 is 0 Å². The Morgan fingerprint density at radius 2 is 2.13 bits per heavy atom. The molecule has 80 valence electrons. The van der Waals surface area contributed by atoms with E-state index in [0.717, 1.165) is 4.46 Å². The van der Waals surface area contributed by atoms with Crippen molar-refractivity contribution in [3.8, 4) is 0 Å². The first-order valence-electron chi connectivity index (χ1n) is 4.14. The number of hydrogen-bond donors (Lipinski definition) is 0. The van der Waals surface area contributed by atoms with Crippen molar-refractivity contribution >= 4 is 29.9 Å². The van der Waals surface area contributed by atoms with Crippen molar-refractivity contribution in [2.75, 3.05) is 14.1 Å². The molecular formula is C9H10N2O3Se. The predicted octanol–water partition coefficient (Wildman–Crippen LogP) is 0.606. The zero-order valence-corrected chi connectivity index (χ0v) is 10.0. The van der Waals surface area contributed by atoms with Gasteiger partial charge < -0.3 is 0 Å². The van der Waals surface area contributed by atoms with Crippen LogP contribution in [0.2, 0.25) is 0 Å². The number of nitro groups is 1. The zero-order chi connectivity index (χ0) is 11.4. The Hall–Kier alpha value is -1.39. The fourth-order valence-corrected chi connectivity index (χ4v) is 2.34. The van der Waals surface area contributed by atoms with Crippen LogP contribution in [-0.4, -0.2) is 43.7 Å². The standard InChI is InChI=1S/C9H10N2O3Se/c1-10(2)9(12)15-8-5-3-4-7(6-8)11(13)14/h3-6H,1-2H3. The predicted molar refractivity (Wildman–Crippen MR) is 57.6 cm³/mol. The number of carbonyl (C=O) groups excluding carboxylic acids is 1. The van der Waals surface area contributed by atoms with E-state index in [9.17, 15) is 14.9 Å². The molecule has 0 heterocycles. The van der Waals surface area contributed by atoms with E-state index in [-0.39, 0.29) is 10.5 Å². The van der Waals surface area contributed by atoms with Gasteiger partial charge in [0.25, 0.3) is 0 Å². The monoisotopic (exact) mass is 274 g/mol. The minimum atomic E-state index is -0.459. The number of nitro benzene ring substituents is 1. The molecule has 0 unspecified atom stereocenters. The molecule has 0 aliphatic rings. The average molecular weight is 273 g/mol. The van der Waals surface area contributed by atoms with Gasteiger partial charge in [0.2, 0.25) is 0 Å². The molecule has 0 saturated heterocycles. The van der Waals surface area contributed by atoms with E-state index < -0.39 is 19.9 Å². The molecule has 15 heavy (non-hydrogen) atoms. The fourth-order valence-electron chi connectivity index (χ4n) is 0.853. The van der Waals surface area contributed by atoms with Crippen LogP contribution in [-0.2, 0) is 0 Å². The van der Waals surface area contributed by atoms with Crippen LogP contribution in [0.4, 0.5) is 10.5 Å². The number of nitrogens with zero attached hydrogens (tertiary/aromatic N) is 2. The summed E-state index contributed by atoms with van der Waals surface area (Å²) in [5.41, 5.74) is 0.0286. The third-order valence-electron chi connectivity index (χ3n) is 1.60. The topological polar surface area (TPSA) is 63.5 Å². The summed E-state index contributed by atoms with van der Waals surface area (Å²) in [6.07, 6.45) is 0. The van der Waals surface area contributed by atoms with Crippen LogP contribution in [0.25, 0.3) is 0 Å². The zero-order valence-electron chi connectivity index (χ0n) is 8.34. The summed E-state index contributed by atoms with van der Waals surface area (Å²) >= 11 is -0.393. The number of benzene rings is 1. The molecule has 1 amide bonds. The molecule has 1 rings (SSSR count). The molecule has 0 radical (unpaired) electrons. The number of rotatable bonds is 3. The second kappa shape index (κ2) is 4.91. The fraction of sp³-hybridized carbons (Fsp3) is 0.222. The molecule has 0 N–H and O–H groups in total. The molecule has 1 aromatic rings.